The molecule has 96 valence electrons. The summed E-state index contributed by atoms with van der Waals surface area (Å²) in [5.74, 6) is 0.850. The van der Waals surface area contributed by atoms with Crippen molar-refractivity contribution in [3.05, 3.63) is 65.7 Å². The molecule has 0 fully saturated rings. The van der Waals surface area contributed by atoms with Gasteiger partial charge in [-0.2, -0.15) is 0 Å². The summed E-state index contributed by atoms with van der Waals surface area (Å²) in [6.07, 6.45) is 0.828. The number of rotatable bonds is 3. The molecule has 1 aliphatic heterocycles. The molecule has 3 nitrogen and oxygen atoms in total. The molecule has 1 heterocycles. The second kappa shape index (κ2) is 5.14. The Hall–Kier alpha value is -2.29. The zero-order chi connectivity index (χ0) is 13.1. The lowest BCUT2D eigenvalue weighted by atomic mass is 10.0. The number of ether oxygens (including phenoxy) is 1. The molecule has 3 rings (SSSR count). The van der Waals surface area contributed by atoms with Gasteiger partial charge in [-0.3, -0.25) is 0 Å². The molecule has 2 aromatic rings. The lowest BCUT2D eigenvalue weighted by molar-refractivity contribution is 0.0857. The van der Waals surface area contributed by atoms with E-state index in [1.807, 2.05) is 42.5 Å². The number of hydrogen-bond donors (Lipinski definition) is 0. The summed E-state index contributed by atoms with van der Waals surface area (Å²) in [6, 6.07) is 18.1. The van der Waals surface area contributed by atoms with Crippen LogP contribution in [0.3, 0.4) is 0 Å². The fourth-order valence-electron chi connectivity index (χ4n) is 2.18. The van der Waals surface area contributed by atoms with Gasteiger partial charge in [0.15, 0.2) is 6.10 Å². The van der Waals surface area contributed by atoms with Crippen molar-refractivity contribution >= 4 is 5.71 Å². The van der Waals surface area contributed by atoms with Crippen LogP contribution in [-0.4, -0.2) is 12.8 Å². The van der Waals surface area contributed by atoms with E-state index in [4.69, 9.17) is 9.57 Å². The lowest BCUT2D eigenvalue weighted by Crippen LogP contribution is -2.01. The van der Waals surface area contributed by atoms with Gasteiger partial charge in [0.25, 0.3) is 0 Å². The standard InChI is InChI=1S/C16H15NO2/c1-18-14-9-7-12(8-10-14)15-11-16(19-17-15)13-5-3-2-4-6-13/h2-10,16H,11H2,1H3. The van der Waals surface area contributed by atoms with E-state index in [-0.39, 0.29) is 6.10 Å². The van der Waals surface area contributed by atoms with Gasteiger partial charge in [-0.05, 0) is 35.4 Å². The highest BCUT2D eigenvalue weighted by molar-refractivity contribution is 6.01. The van der Waals surface area contributed by atoms with Crippen LogP contribution in [-0.2, 0) is 4.84 Å². The van der Waals surface area contributed by atoms with Gasteiger partial charge < -0.3 is 9.57 Å². The zero-order valence-electron chi connectivity index (χ0n) is 10.7. The Morgan fingerprint density at radius 1 is 1.05 bits per heavy atom. The highest BCUT2D eigenvalue weighted by Gasteiger charge is 2.23. The number of hydrogen-bond acceptors (Lipinski definition) is 3. The number of methoxy groups -OCH3 is 1. The molecule has 0 radical (unpaired) electrons. The monoisotopic (exact) mass is 253 g/mol. The molecule has 1 unspecified atom stereocenters. The summed E-state index contributed by atoms with van der Waals surface area (Å²) in [5.41, 5.74) is 3.23. The third kappa shape index (κ3) is 2.45. The van der Waals surface area contributed by atoms with Gasteiger partial charge in [0, 0.05) is 6.42 Å². The molecule has 2 aromatic carbocycles. The smallest absolute Gasteiger partial charge is 0.158 e. The molecule has 0 aliphatic carbocycles. The van der Waals surface area contributed by atoms with Crippen LogP contribution in [0, 0.1) is 0 Å². The quantitative estimate of drug-likeness (QED) is 0.837. The molecule has 1 atom stereocenters. The summed E-state index contributed by atoms with van der Waals surface area (Å²) in [6.45, 7) is 0. The van der Waals surface area contributed by atoms with E-state index in [0.29, 0.717) is 0 Å². The Labute approximate surface area is 112 Å². The Balaban J connectivity index is 1.74. The van der Waals surface area contributed by atoms with Crippen molar-refractivity contribution in [2.24, 2.45) is 5.16 Å². The van der Waals surface area contributed by atoms with E-state index in [1.165, 1.54) is 0 Å². The zero-order valence-corrected chi connectivity index (χ0v) is 10.7. The van der Waals surface area contributed by atoms with Gasteiger partial charge in [-0.25, -0.2) is 0 Å². The van der Waals surface area contributed by atoms with Crippen molar-refractivity contribution in [1.82, 2.24) is 0 Å². The highest BCUT2D eigenvalue weighted by atomic mass is 16.6. The summed E-state index contributed by atoms with van der Waals surface area (Å²) in [7, 11) is 1.66. The molecule has 0 saturated heterocycles. The minimum Gasteiger partial charge on any atom is -0.497 e. The van der Waals surface area contributed by atoms with Crippen LogP contribution in [0.1, 0.15) is 23.7 Å². The highest BCUT2D eigenvalue weighted by Crippen LogP contribution is 2.29. The van der Waals surface area contributed by atoms with Gasteiger partial charge in [-0.15, -0.1) is 0 Å². The predicted octanol–water partition coefficient (Wildman–Crippen LogP) is 3.56. The third-order valence-electron chi connectivity index (χ3n) is 3.26. The Kier molecular flexibility index (Phi) is 3.19. The maximum absolute atomic E-state index is 5.52. The van der Waals surface area contributed by atoms with Gasteiger partial charge in [-0.1, -0.05) is 35.5 Å². The van der Waals surface area contributed by atoms with Crippen molar-refractivity contribution < 1.29 is 9.57 Å². The van der Waals surface area contributed by atoms with Crippen LogP contribution in [0.25, 0.3) is 0 Å². The first-order valence-corrected chi connectivity index (χ1v) is 6.29. The van der Waals surface area contributed by atoms with Crippen molar-refractivity contribution in [3.63, 3.8) is 0 Å². The average molecular weight is 253 g/mol. The van der Waals surface area contributed by atoms with Crippen molar-refractivity contribution in [1.29, 1.82) is 0 Å². The van der Waals surface area contributed by atoms with Gasteiger partial charge >= 0.3 is 0 Å². The molecule has 1 aliphatic rings. The van der Waals surface area contributed by atoms with Crippen LogP contribution < -0.4 is 4.74 Å². The first-order valence-electron chi connectivity index (χ1n) is 6.29. The average Bonchev–Trinajstić information content (AvgIpc) is 2.98. The number of oxime groups is 1. The summed E-state index contributed by atoms with van der Waals surface area (Å²) in [5, 5.41) is 4.20. The number of nitrogens with zero attached hydrogens (tertiary/aromatic N) is 1. The molecule has 0 spiro atoms. The fraction of sp³-hybridized carbons (Fsp3) is 0.188. The van der Waals surface area contributed by atoms with Gasteiger partial charge in [0.2, 0.25) is 0 Å². The van der Waals surface area contributed by atoms with Crippen LogP contribution in [0.2, 0.25) is 0 Å². The summed E-state index contributed by atoms with van der Waals surface area (Å²) < 4.78 is 5.15. The molecular formula is C16H15NO2. The number of benzene rings is 2. The maximum Gasteiger partial charge on any atom is 0.158 e. The lowest BCUT2D eigenvalue weighted by Gasteiger charge is -2.07. The van der Waals surface area contributed by atoms with Crippen LogP contribution in [0.15, 0.2) is 59.8 Å². The third-order valence-corrected chi connectivity index (χ3v) is 3.26. The Bertz CT molecular complexity index is 575. The van der Waals surface area contributed by atoms with Gasteiger partial charge in [0.1, 0.15) is 5.75 Å². The Morgan fingerprint density at radius 3 is 2.47 bits per heavy atom. The minimum atomic E-state index is 0.0262. The molecule has 0 aromatic heterocycles. The Morgan fingerprint density at radius 2 is 1.79 bits per heavy atom. The second-order valence-corrected chi connectivity index (χ2v) is 4.48. The SMILES string of the molecule is COc1ccc(C2=NOC(c3ccccc3)C2)cc1. The molecule has 0 bridgehead atoms. The molecule has 3 heteroatoms. The van der Waals surface area contributed by atoms with Gasteiger partial charge in [0.05, 0.1) is 12.8 Å². The minimum absolute atomic E-state index is 0.0262. The molecular weight excluding hydrogens is 238 g/mol. The summed E-state index contributed by atoms with van der Waals surface area (Å²) >= 11 is 0. The molecule has 0 N–H and O–H groups in total. The predicted molar refractivity (Wildman–Crippen MR) is 74.4 cm³/mol. The topological polar surface area (TPSA) is 30.8 Å². The normalized spacial score (nSPS) is 17.7. The first kappa shape index (κ1) is 11.8. The molecule has 0 saturated carbocycles. The molecule has 19 heavy (non-hydrogen) atoms. The largest absolute Gasteiger partial charge is 0.497 e. The van der Waals surface area contributed by atoms with Crippen molar-refractivity contribution in [2.45, 2.75) is 12.5 Å². The fourth-order valence-corrected chi connectivity index (χ4v) is 2.18. The van der Waals surface area contributed by atoms with Crippen molar-refractivity contribution in [3.8, 4) is 5.75 Å². The second-order valence-electron chi connectivity index (χ2n) is 4.48. The summed E-state index contributed by atoms with van der Waals surface area (Å²) in [4.78, 5) is 5.52. The van der Waals surface area contributed by atoms with E-state index in [0.717, 1.165) is 29.0 Å². The van der Waals surface area contributed by atoms with E-state index in [9.17, 15) is 0 Å². The van der Waals surface area contributed by atoms with Crippen LogP contribution >= 0.6 is 0 Å². The van der Waals surface area contributed by atoms with Crippen LogP contribution in [0.4, 0.5) is 0 Å². The van der Waals surface area contributed by atoms with E-state index in [1.54, 1.807) is 7.11 Å². The van der Waals surface area contributed by atoms with Crippen molar-refractivity contribution in [2.75, 3.05) is 7.11 Å². The molecule has 0 amide bonds. The van der Waals surface area contributed by atoms with E-state index >= 15 is 0 Å². The van der Waals surface area contributed by atoms with E-state index in [2.05, 4.69) is 17.3 Å². The first-order chi connectivity index (χ1) is 9.36. The van der Waals surface area contributed by atoms with Crippen LogP contribution in [0.5, 0.6) is 5.75 Å². The maximum atomic E-state index is 5.52. The van der Waals surface area contributed by atoms with E-state index < -0.39 is 0 Å².